The lowest BCUT2D eigenvalue weighted by molar-refractivity contribution is -0.166. The van der Waals surface area contributed by atoms with Crippen LogP contribution in [0.1, 0.15) is 94.9 Å². The summed E-state index contributed by atoms with van der Waals surface area (Å²) in [7, 11) is 0. The fourth-order valence-electron chi connectivity index (χ4n) is 6.86. The SMILES string of the molecule is CC(=O)N1C(C)(C)CC(NCC(=O)OC2CC(C)(C)N(C(C)=O)C(C)(C)C2)CC1(C)C. The summed E-state index contributed by atoms with van der Waals surface area (Å²) < 4.78 is 5.84. The fraction of sp³-hybridized carbons (Fsp3) is 0.875. The summed E-state index contributed by atoms with van der Waals surface area (Å²) in [5.74, 6) is -0.143. The summed E-state index contributed by atoms with van der Waals surface area (Å²) >= 11 is 0. The molecule has 0 bridgehead atoms. The molecule has 178 valence electrons. The number of rotatable bonds is 4. The lowest BCUT2D eigenvalue weighted by Crippen LogP contribution is -2.65. The second-order valence-electron chi connectivity index (χ2n) is 12.0. The number of ether oxygens (including phenoxy) is 1. The van der Waals surface area contributed by atoms with Crippen molar-refractivity contribution in [2.75, 3.05) is 6.54 Å². The number of piperidine rings is 2. The molecular formula is C24H43N3O4. The van der Waals surface area contributed by atoms with Crippen molar-refractivity contribution in [3.63, 3.8) is 0 Å². The molecule has 0 aromatic heterocycles. The molecule has 0 saturated carbocycles. The maximum Gasteiger partial charge on any atom is 0.320 e. The Balaban J connectivity index is 1.97. The van der Waals surface area contributed by atoms with E-state index in [2.05, 4.69) is 33.0 Å². The van der Waals surface area contributed by atoms with Crippen molar-refractivity contribution in [1.29, 1.82) is 0 Å². The van der Waals surface area contributed by atoms with Crippen molar-refractivity contribution < 1.29 is 19.1 Å². The molecule has 2 aliphatic rings. The Morgan fingerprint density at radius 1 is 0.742 bits per heavy atom. The molecule has 0 radical (unpaired) electrons. The highest BCUT2D eigenvalue weighted by atomic mass is 16.5. The van der Waals surface area contributed by atoms with Gasteiger partial charge < -0.3 is 19.9 Å². The highest BCUT2D eigenvalue weighted by molar-refractivity contribution is 5.76. The molecule has 31 heavy (non-hydrogen) atoms. The molecule has 2 fully saturated rings. The van der Waals surface area contributed by atoms with E-state index in [4.69, 9.17) is 4.74 Å². The van der Waals surface area contributed by atoms with E-state index in [0.29, 0.717) is 12.8 Å². The van der Waals surface area contributed by atoms with Gasteiger partial charge in [-0.25, -0.2) is 0 Å². The van der Waals surface area contributed by atoms with Crippen molar-refractivity contribution >= 4 is 17.8 Å². The van der Waals surface area contributed by atoms with E-state index in [-0.39, 0.29) is 58.6 Å². The smallest absolute Gasteiger partial charge is 0.320 e. The van der Waals surface area contributed by atoms with Crippen LogP contribution in [-0.2, 0) is 19.1 Å². The van der Waals surface area contributed by atoms with Crippen LogP contribution in [0.15, 0.2) is 0 Å². The van der Waals surface area contributed by atoms with E-state index in [0.717, 1.165) is 12.8 Å². The monoisotopic (exact) mass is 437 g/mol. The largest absolute Gasteiger partial charge is 0.461 e. The minimum absolute atomic E-state index is 0.0450. The van der Waals surface area contributed by atoms with Crippen molar-refractivity contribution in [2.24, 2.45) is 0 Å². The van der Waals surface area contributed by atoms with Crippen LogP contribution in [0.2, 0.25) is 0 Å². The number of hydrogen-bond donors (Lipinski definition) is 1. The van der Waals surface area contributed by atoms with E-state index in [1.807, 2.05) is 37.5 Å². The third kappa shape index (κ3) is 5.60. The number of amides is 2. The lowest BCUT2D eigenvalue weighted by Gasteiger charge is -2.55. The first-order valence-corrected chi connectivity index (χ1v) is 11.4. The van der Waals surface area contributed by atoms with Gasteiger partial charge >= 0.3 is 5.97 Å². The Hall–Kier alpha value is -1.63. The van der Waals surface area contributed by atoms with E-state index in [1.165, 1.54) is 0 Å². The van der Waals surface area contributed by atoms with E-state index in [9.17, 15) is 14.4 Å². The molecular weight excluding hydrogens is 394 g/mol. The van der Waals surface area contributed by atoms with E-state index in [1.54, 1.807) is 13.8 Å². The second kappa shape index (κ2) is 8.38. The minimum atomic E-state index is -0.375. The van der Waals surface area contributed by atoms with Gasteiger partial charge in [0.05, 0.1) is 6.54 Å². The summed E-state index contributed by atoms with van der Waals surface area (Å²) in [5, 5.41) is 3.37. The number of carbonyl (C=O) groups is 3. The summed E-state index contributed by atoms with van der Waals surface area (Å²) in [6.07, 6.45) is 2.58. The predicted octanol–water partition coefficient (Wildman–Crippen LogP) is 3.26. The molecule has 0 aromatic rings. The van der Waals surface area contributed by atoms with Gasteiger partial charge in [-0.2, -0.15) is 0 Å². The van der Waals surface area contributed by atoms with Gasteiger partial charge in [-0.05, 0) is 68.2 Å². The highest BCUT2D eigenvalue weighted by Crippen LogP contribution is 2.40. The Morgan fingerprint density at radius 3 is 1.45 bits per heavy atom. The number of likely N-dealkylation sites (tertiary alicyclic amines) is 2. The molecule has 0 spiro atoms. The second-order valence-corrected chi connectivity index (χ2v) is 12.0. The molecule has 0 aliphatic carbocycles. The molecule has 1 N–H and O–H groups in total. The standard InChI is InChI=1S/C24H43N3O4/c1-16(28)26-21(3,4)11-18(12-22(26,5)6)25-15-20(30)31-19-13-23(7,8)27(17(2)29)24(9,10)14-19/h18-19,25H,11-15H2,1-10H3. The molecule has 0 unspecified atom stereocenters. The molecule has 2 aliphatic heterocycles. The van der Waals surface area contributed by atoms with Crippen LogP contribution in [0, 0.1) is 0 Å². The van der Waals surface area contributed by atoms with Crippen molar-refractivity contribution in [3.8, 4) is 0 Å². The van der Waals surface area contributed by atoms with Gasteiger partial charge in [0.15, 0.2) is 0 Å². The van der Waals surface area contributed by atoms with Crippen molar-refractivity contribution in [1.82, 2.24) is 15.1 Å². The summed E-state index contributed by atoms with van der Waals surface area (Å²) in [4.78, 5) is 40.9. The zero-order valence-corrected chi connectivity index (χ0v) is 21.2. The quantitative estimate of drug-likeness (QED) is 0.683. The van der Waals surface area contributed by atoms with Crippen LogP contribution in [-0.4, -0.2) is 68.4 Å². The normalized spacial score (nSPS) is 25.2. The van der Waals surface area contributed by atoms with Gasteiger partial charge in [-0.3, -0.25) is 14.4 Å². The maximum absolute atomic E-state index is 12.7. The topological polar surface area (TPSA) is 79.0 Å². The number of esters is 1. The average Bonchev–Trinajstić information content (AvgIpc) is 2.46. The van der Waals surface area contributed by atoms with Crippen LogP contribution in [0.5, 0.6) is 0 Å². The third-order valence-electron chi connectivity index (χ3n) is 6.83. The first kappa shape index (κ1) is 25.6. The fourth-order valence-corrected chi connectivity index (χ4v) is 6.86. The minimum Gasteiger partial charge on any atom is -0.461 e. The molecule has 0 aromatic carbocycles. The van der Waals surface area contributed by atoms with Crippen molar-refractivity contribution in [2.45, 2.75) is 129 Å². The summed E-state index contributed by atoms with van der Waals surface area (Å²) in [6, 6.07) is 0.126. The number of nitrogens with one attached hydrogen (secondary N) is 1. The predicted molar refractivity (Wildman–Crippen MR) is 121 cm³/mol. The Bertz CT molecular complexity index is 690. The van der Waals surface area contributed by atoms with Crippen molar-refractivity contribution in [3.05, 3.63) is 0 Å². The summed E-state index contributed by atoms with van der Waals surface area (Å²) in [5.41, 5.74) is -1.33. The van der Waals surface area contributed by atoms with Crippen LogP contribution >= 0.6 is 0 Å². The van der Waals surface area contributed by atoms with Gasteiger partial charge in [-0.15, -0.1) is 0 Å². The molecule has 0 atom stereocenters. The van der Waals surface area contributed by atoms with Gasteiger partial charge in [0.2, 0.25) is 11.8 Å². The zero-order valence-electron chi connectivity index (χ0n) is 21.2. The van der Waals surface area contributed by atoms with E-state index >= 15 is 0 Å². The highest BCUT2D eigenvalue weighted by Gasteiger charge is 2.48. The third-order valence-corrected chi connectivity index (χ3v) is 6.83. The average molecular weight is 438 g/mol. The first-order valence-electron chi connectivity index (χ1n) is 11.4. The molecule has 2 saturated heterocycles. The zero-order chi connectivity index (χ0) is 24.0. The Kier molecular flexibility index (Phi) is 6.93. The maximum atomic E-state index is 12.7. The van der Waals surface area contributed by atoms with Gasteiger partial charge in [0.25, 0.3) is 0 Å². The van der Waals surface area contributed by atoms with E-state index < -0.39 is 0 Å². The van der Waals surface area contributed by atoms with Crippen LogP contribution < -0.4 is 5.32 Å². The molecule has 2 amide bonds. The Morgan fingerprint density at radius 2 is 1.10 bits per heavy atom. The van der Waals surface area contributed by atoms with Gasteiger partial charge in [-0.1, -0.05) is 0 Å². The van der Waals surface area contributed by atoms with Gasteiger partial charge in [0.1, 0.15) is 6.10 Å². The lowest BCUT2D eigenvalue weighted by atomic mass is 9.77. The number of hydrogen-bond acceptors (Lipinski definition) is 5. The summed E-state index contributed by atoms with van der Waals surface area (Å²) in [6.45, 7) is 19.8. The molecule has 2 rings (SSSR count). The molecule has 7 nitrogen and oxygen atoms in total. The Labute approximate surface area is 188 Å². The van der Waals surface area contributed by atoms with Crippen LogP contribution in [0.3, 0.4) is 0 Å². The number of carbonyl (C=O) groups excluding carboxylic acids is 3. The van der Waals surface area contributed by atoms with Crippen LogP contribution in [0.4, 0.5) is 0 Å². The molecule has 2 heterocycles. The molecule has 7 heteroatoms. The van der Waals surface area contributed by atoms with Crippen LogP contribution in [0.25, 0.3) is 0 Å². The first-order chi connectivity index (χ1) is 13.9. The van der Waals surface area contributed by atoms with Gasteiger partial charge in [0, 0.05) is 54.9 Å². The number of nitrogens with zero attached hydrogens (tertiary/aromatic N) is 2.